The number of aromatic hydroxyl groups is 2. The van der Waals surface area contributed by atoms with Crippen LogP contribution in [0, 0.1) is 5.92 Å². The fraction of sp³-hybridized carbons (Fsp3) is 0.510. The van der Waals surface area contributed by atoms with E-state index in [0.29, 0.717) is 38.5 Å². The molecule has 0 saturated heterocycles. The van der Waals surface area contributed by atoms with Crippen molar-refractivity contribution >= 4 is 47.3 Å². The van der Waals surface area contributed by atoms with Crippen LogP contribution in [-0.2, 0) is 51.2 Å². The quantitative estimate of drug-likeness (QED) is 0.0467. The molecule has 22 heteroatoms. The van der Waals surface area contributed by atoms with Gasteiger partial charge < -0.3 is 73.6 Å². The van der Waals surface area contributed by atoms with Crippen LogP contribution in [0.1, 0.15) is 77.8 Å². The van der Waals surface area contributed by atoms with Crippen LogP contribution < -0.4 is 53.2 Å². The maximum Gasteiger partial charge on any atom is 0.243 e. The van der Waals surface area contributed by atoms with Crippen molar-refractivity contribution in [3.8, 4) is 11.5 Å². The third-order valence-corrected chi connectivity index (χ3v) is 10.7. The van der Waals surface area contributed by atoms with E-state index < -0.39 is 83.5 Å². The Balaban J connectivity index is 0.000000710. The summed E-state index contributed by atoms with van der Waals surface area (Å²) in [5, 5.41) is 64.1. The normalized spacial score (nSPS) is 13.2. The molecule has 0 aliphatic rings. The van der Waals surface area contributed by atoms with Crippen LogP contribution in [0.2, 0.25) is 0 Å². The molecular formula is C49H76N10O12. The van der Waals surface area contributed by atoms with E-state index in [9.17, 15) is 58.8 Å². The number of benzene rings is 2. The van der Waals surface area contributed by atoms with Crippen molar-refractivity contribution in [2.45, 2.75) is 116 Å². The van der Waals surface area contributed by atoms with Crippen LogP contribution in [0.5, 0.6) is 11.5 Å². The fourth-order valence-corrected chi connectivity index (χ4v) is 6.55. The lowest BCUT2D eigenvalue weighted by Crippen LogP contribution is -2.52. The van der Waals surface area contributed by atoms with Gasteiger partial charge in [0.25, 0.3) is 0 Å². The summed E-state index contributed by atoms with van der Waals surface area (Å²) >= 11 is 0. The van der Waals surface area contributed by atoms with E-state index in [1.165, 1.54) is 24.3 Å². The van der Waals surface area contributed by atoms with Crippen LogP contribution in [0.15, 0.2) is 73.2 Å². The van der Waals surface area contributed by atoms with Crippen LogP contribution in [0.4, 0.5) is 0 Å². The van der Waals surface area contributed by atoms with E-state index in [0.717, 1.165) is 17.5 Å². The van der Waals surface area contributed by atoms with Crippen molar-refractivity contribution in [1.29, 1.82) is 0 Å². The summed E-state index contributed by atoms with van der Waals surface area (Å²) in [5.74, 6) is -3.82. The van der Waals surface area contributed by atoms with Crippen molar-refractivity contribution in [3.05, 3.63) is 84.3 Å². The van der Waals surface area contributed by atoms with Gasteiger partial charge in [-0.25, -0.2) is 0 Å². The lowest BCUT2D eigenvalue weighted by atomic mass is 10.0. The summed E-state index contributed by atoms with van der Waals surface area (Å²) < 4.78 is 0. The molecule has 0 radical (unpaired) electrons. The Labute approximate surface area is 416 Å². The Morgan fingerprint density at radius 2 is 0.831 bits per heavy atom. The van der Waals surface area contributed by atoms with Crippen molar-refractivity contribution in [1.82, 2.24) is 53.2 Å². The fourth-order valence-electron chi connectivity index (χ4n) is 6.55. The number of carbonyl (C=O) groups is 8. The van der Waals surface area contributed by atoms with Gasteiger partial charge in [-0.1, -0.05) is 78.5 Å². The molecule has 0 saturated carbocycles. The standard InChI is InChI=1S/C25H39N5O6.C24H37N5O6/c1-6-19(25(36)30-20(16(4)31)11-15(2)3)29-23(34)14-27-22(33)13-28-24(35)21(26-5)12-17-7-9-18(32)10-8-17;1-5-7-19(15(3)30)29-24(35)18(6-2)28-22(33)14-26-21(32)13-27-23(34)20(25-4)12-16-8-10-17(31)11-9-16/h7-10,15,19-21,26,31-32H,4,6,11-14H2,1-3,5H3,(H,27,33)(H,28,35)(H,29,34)(H,30,36);8-11,18-20,25,30-31H,3,5-7,12-14H2,1-2,4H3,(H,26,32)(H,27,34)(H,28,33)(H,29,35). The minimum Gasteiger partial charge on any atom is -0.511 e. The second kappa shape index (κ2) is 33.4. The number of hydrogen-bond acceptors (Lipinski definition) is 14. The molecular weight excluding hydrogens is 921 g/mol. The van der Waals surface area contributed by atoms with E-state index >= 15 is 0 Å². The first-order chi connectivity index (χ1) is 33.6. The van der Waals surface area contributed by atoms with E-state index in [4.69, 9.17) is 0 Å². The molecule has 2 rings (SSSR count). The van der Waals surface area contributed by atoms with Crippen LogP contribution in [0.3, 0.4) is 0 Å². The minimum atomic E-state index is -0.848. The molecule has 2 aromatic carbocycles. The van der Waals surface area contributed by atoms with Gasteiger partial charge in [-0.15, -0.1) is 0 Å². The van der Waals surface area contributed by atoms with Gasteiger partial charge in [-0.05, 0) is 93.9 Å². The number of likely N-dealkylation sites (N-methyl/N-ethyl adjacent to an activating group) is 2. The van der Waals surface area contributed by atoms with E-state index in [2.05, 4.69) is 66.3 Å². The molecule has 6 unspecified atom stereocenters. The molecule has 0 aliphatic carbocycles. The zero-order chi connectivity index (χ0) is 53.6. The van der Waals surface area contributed by atoms with Crippen LogP contribution >= 0.6 is 0 Å². The minimum absolute atomic E-state index is 0.127. The van der Waals surface area contributed by atoms with Gasteiger partial charge in [0.05, 0.1) is 50.3 Å². The number of aliphatic hydroxyl groups is 2. The predicted molar refractivity (Wildman–Crippen MR) is 268 cm³/mol. The number of nitrogens with one attached hydrogen (secondary N) is 10. The highest BCUT2D eigenvalue weighted by Gasteiger charge is 2.26. The van der Waals surface area contributed by atoms with Gasteiger partial charge in [0, 0.05) is 0 Å². The molecule has 0 spiro atoms. The number of rotatable bonds is 30. The molecule has 22 nitrogen and oxygen atoms in total. The molecule has 0 heterocycles. The highest BCUT2D eigenvalue weighted by molar-refractivity contribution is 5.93. The molecule has 8 amide bonds. The monoisotopic (exact) mass is 997 g/mol. The molecule has 394 valence electrons. The average Bonchev–Trinajstić information content (AvgIpc) is 3.33. The van der Waals surface area contributed by atoms with Crippen molar-refractivity contribution in [2.75, 3.05) is 40.3 Å². The Hall–Kier alpha value is -7.20. The lowest BCUT2D eigenvalue weighted by molar-refractivity contribution is -0.130. The van der Waals surface area contributed by atoms with Gasteiger partial charge in [0.15, 0.2) is 0 Å². The highest BCUT2D eigenvalue weighted by atomic mass is 16.3. The molecule has 0 bridgehead atoms. The first-order valence-electron chi connectivity index (χ1n) is 23.5. The number of hydrogen-bond donors (Lipinski definition) is 14. The predicted octanol–water partition coefficient (Wildman–Crippen LogP) is 0.259. The second-order valence-electron chi connectivity index (χ2n) is 17.0. The summed E-state index contributed by atoms with van der Waals surface area (Å²) in [4.78, 5) is 98.4. The molecule has 0 fully saturated rings. The Morgan fingerprint density at radius 3 is 1.14 bits per heavy atom. The zero-order valence-corrected chi connectivity index (χ0v) is 41.9. The van der Waals surface area contributed by atoms with Gasteiger partial charge >= 0.3 is 0 Å². The van der Waals surface area contributed by atoms with E-state index in [1.54, 1.807) is 52.2 Å². The van der Waals surface area contributed by atoms with Gasteiger partial charge in [0.2, 0.25) is 47.3 Å². The van der Waals surface area contributed by atoms with E-state index in [1.807, 2.05) is 20.8 Å². The number of amides is 8. The summed E-state index contributed by atoms with van der Waals surface area (Å²) in [6, 6.07) is 8.81. The maximum absolute atomic E-state index is 12.5. The largest absolute Gasteiger partial charge is 0.511 e. The SMILES string of the molecule is C=C(O)C(CC(C)C)NC(=O)C(CC)NC(=O)CNC(=O)CNC(=O)C(Cc1ccc(O)cc1)NC.C=C(O)C(CCC)NC(=O)C(CC)NC(=O)CNC(=O)CNC(=O)C(Cc1ccc(O)cc1)NC. The Bertz CT molecular complexity index is 2070. The number of aliphatic hydroxyl groups excluding tert-OH is 2. The van der Waals surface area contributed by atoms with Gasteiger partial charge in [0.1, 0.15) is 35.1 Å². The third-order valence-electron chi connectivity index (χ3n) is 10.7. The Kier molecular flexibility index (Phi) is 29.0. The third kappa shape index (κ3) is 25.3. The number of carbonyl (C=O) groups excluding carboxylic acids is 8. The molecule has 0 aromatic heterocycles. The van der Waals surface area contributed by atoms with Crippen LogP contribution in [0.25, 0.3) is 0 Å². The average molecular weight is 997 g/mol. The van der Waals surface area contributed by atoms with Crippen molar-refractivity contribution in [3.63, 3.8) is 0 Å². The zero-order valence-electron chi connectivity index (χ0n) is 41.9. The first-order valence-corrected chi connectivity index (χ1v) is 23.5. The summed E-state index contributed by atoms with van der Waals surface area (Å²) in [7, 11) is 3.24. The molecule has 2 aromatic rings. The van der Waals surface area contributed by atoms with Crippen molar-refractivity contribution < 1.29 is 58.8 Å². The smallest absolute Gasteiger partial charge is 0.243 e. The summed E-state index contributed by atoms with van der Waals surface area (Å²) in [6.07, 6.45) is 3.06. The van der Waals surface area contributed by atoms with Gasteiger partial charge in [-0.3, -0.25) is 38.4 Å². The molecule has 71 heavy (non-hydrogen) atoms. The molecule has 6 atom stereocenters. The first kappa shape index (κ1) is 61.8. The highest BCUT2D eigenvalue weighted by Crippen LogP contribution is 2.13. The maximum atomic E-state index is 12.5. The van der Waals surface area contributed by atoms with Gasteiger partial charge in [-0.2, -0.15) is 0 Å². The second-order valence-corrected chi connectivity index (χ2v) is 17.0. The van der Waals surface area contributed by atoms with Crippen LogP contribution in [-0.4, -0.2) is 144 Å². The molecule has 14 N–H and O–H groups in total. The van der Waals surface area contributed by atoms with E-state index in [-0.39, 0.29) is 55.1 Å². The molecule has 0 aliphatic heterocycles. The van der Waals surface area contributed by atoms with Crippen molar-refractivity contribution in [2.24, 2.45) is 5.92 Å². The number of phenolic OH excluding ortho intramolecular Hbond substituents is 2. The Morgan fingerprint density at radius 1 is 0.479 bits per heavy atom. The summed E-state index contributed by atoms with van der Waals surface area (Å²) in [5.41, 5.74) is 1.66. The summed E-state index contributed by atoms with van der Waals surface area (Å²) in [6.45, 7) is 14.8. The lowest BCUT2D eigenvalue weighted by Gasteiger charge is -2.23. The topological polar surface area (TPSA) is 338 Å². The number of phenols is 2.